The Hall–Kier alpha value is -1.97. The molecule has 0 aliphatic heterocycles. The van der Waals surface area contributed by atoms with Crippen molar-refractivity contribution in [2.75, 3.05) is 0 Å². The molecule has 1 N–H and O–H groups in total. The van der Waals surface area contributed by atoms with Crippen LogP contribution in [0.5, 0.6) is 0 Å². The van der Waals surface area contributed by atoms with Crippen LogP contribution in [0.4, 0.5) is 0 Å². The Morgan fingerprint density at radius 2 is 2.50 bits per heavy atom. The fraction of sp³-hybridized carbons (Fsp3) is 0.100. The van der Waals surface area contributed by atoms with Crippen LogP contribution in [0.2, 0.25) is 0 Å². The van der Waals surface area contributed by atoms with Gasteiger partial charge in [0.1, 0.15) is 0 Å². The van der Waals surface area contributed by atoms with Crippen molar-refractivity contribution < 1.29 is 4.79 Å². The van der Waals surface area contributed by atoms with Gasteiger partial charge < -0.3 is 0 Å². The summed E-state index contributed by atoms with van der Waals surface area (Å²) in [4.78, 5) is 15.1. The Balaban J connectivity index is 2.52. The van der Waals surface area contributed by atoms with Crippen molar-refractivity contribution >= 4 is 12.1 Å². The first-order valence-electron chi connectivity index (χ1n) is 4.19. The van der Waals surface area contributed by atoms with Gasteiger partial charge in [0.05, 0.1) is 5.56 Å². The zero-order chi connectivity index (χ0) is 10.2. The zero-order valence-corrected chi connectivity index (χ0v) is 7.84. The van der Waals surface area contributed by atoms with Crippen LogP contribution >= 0.6 is 0 Å². The lowest BCUT2D eigenvalue weighted by Crippen LogP contribution is -2.17. The highest BCUT2D eigenvalue weighted by Crippen LogP contribution is 1.94. The van der Waals surface area contributed by atoms with Gasteiger partial charge in [-0.1, -0.05) is 6.08 Å². The molecule has 0 radical (unpaired) electrons. The Kier molecular flexibility index (Phi) is 4.07. The van der Waals surface area contributed by atoms with E-state index in [-0.39, 0.29) is 5.91 Å². The minimum Gasteiger partial charge on any atom is -0.267 e. The van der Waals surface area contributed by atoms with Crippen molar-refractivity contribution in [3.05, 3.63) is 42.2 Å². The van der Waals surface area contributed by atoms with E-state index in [1.807, 2.05) is 13.0 Å². The summed E-state index contributed by atoms with van der Waals surface area (Å²) in [6.07, 6.45) is 8.15. The molecule has 0 unspecified atom stereocenters. The lowest BCUT2D eigenvalue weighted by molar-refractivity contribution is 0.0955. The molecule has 1 aromatic heterocycles. The van der Waals surface area contributed by atoms with Crippen LogP contribution in [0.25, 0.3) is 0 Å². The predicted molar refractivity (Wildman–Crippen MR) is 55.0 cm³/mol. The van der Waals surface area contributed by atoms with Gasteiger partial charge in [-0.15, -0.1) is 0 Å². The number of nitrogens with zero attached hydrogens (tertiary/aromatic N) is 2. The van der Waals surface area contributed by atoms with E-state index in [1.54, 1.807) is 24.4 Å². The van der Waals surface area contributed by atoms with E-state index in [4.69, 9.17) is 0 Å². The maximum Gasteiger partial charge on any atom is 0.272 e. The summed E-state index contributed by atoms with van der Waals surface area (Å²) in [5, 5.41) is 3.70. The van der Waals surface area contributed by atoms with E-state index in [2.05, 4.69) is 15.5 Å². The summed E-state index contributed by atoms with van der Waals surface area (Å²) in [6, 6.07) is 3.37. The lowest BCUT2D eigenvalue weighted by atomic mass is 10.3. The third-order valence-electron chi connectivity index (χ3n) is 1.44. The molecule has 0 aliphatic carbocycles. The van der Waals surface area contributed by atoms with Crippen LogP contribution < -0.4 is 5.43 Å². The highest BCUT2D eigenvalue weighted by Gasteiger charge is 2.01. The number of nitrogens with one attached hydrogen (secondary N) is 1. The normalized spacial score (nSPS) is 10.9. The molecule has 4 heteroatoms. The second-order valence-corrected chi connectivity index (χ2v) is 2.49. The van der Waals surface area contributed by atoms with E-state index in [1.165, 1.54) is 12.4 Å². The minimum absolute atomic E-state index is 0.265. The molecule has 1 aromatic rings. The van der Waals surface area contributed by atoms with Gasteiger partial charge in [0, 0.05) is 18.6 Å². The fourth-order valence-corrected chi connectivity index (χ4v) is 0.787. The van der Waals surface area contributed by atoms with Gasteiger partial charge in [-0.3, -0.25) is 9.78 Å². The van der Waals surface area contributed by atoms with Gasteiger partial charge in [0.25, 0.3) is 5.91 Å². The molecule has 0 saturated carbocycles. The van der Waals surface area contributed by atoms with Crippen molar-refractivity contribution in [3.8, 4) is 0 Å². The molecule has 14 heavy (non-hydrogen) atoms. The molecule has 0 fully saturated rings. The molecule has 0 atom stereocenters. The van der Waals surface area contributed by atoms with Crippen LogP contribution in [-0.4, -0.2) is 17.1 Å². The number of hydrogen-bond donors (Lipinski definition) is 1. The Morgan fingerprint density at radius 3 is 3.14 bits per heavy atom. The number of allylic oxidation sites excluding steroid dienone is 2. The van der Waals surface area contributed by atoms with E-state index >= 15 is 0 Å². The first-order valence-corrected chi connectivity index (χ1v) is 4.19. The van der Waals surface area contributed by atoms with Crippen LogP contribution in [0.15, 0.2) is 41.8 Å². The van der Waals surface area contributed by atoms with Crippen molar-refractivity contribution in [3.63, 3.8) is 0 Å². The Labute approximate surface area is 82.4 Å². The molecular weight excluding hydrogens is 178 g/mol. The molecule has 4 nitrogen and oxygen atoms in total. The number of carbonyl (C=O) groups is 1. The topological polar surface area (TPSA) is 54.4 Å². The molecule has 0 saturated heterocycles. The molecule has 0 bridgehead atoms. The predicted octanol–water partition coefficient (Wildman–Crippen LogP) is 1.37. The van der Waals surface area contributed by atoms with Gasteiger partial charge in [-0.05, 0) is 25.1 Å². The van der Waals surface area contributed by atoms with Crippen LogP contribution in [0, 0.1) is 0 Å². The number of rotatable bonds is 3. The largest absolute Gasteiger partial charge is 0.272 e. The first-order chi connectivity index (χ1) is 6.84. The second-order valence-electron chi connectivity index (χ2n) is 2.49. The Bertz CT molecular complexity index is 344. The zero-order valence-electron chi connectivity index (χ0n) is 7.84. The third kappa shape index (κ3) is 3.18. The van der Waals surface area contributed by atoms with E-state index < -0.39 is 0 Å². The van der Waals surface area contributed by atoms with Crippen molar-refractivity contribution in [2.24, 2.45) is 5.10 Å². The molecule has 0 aromatic carbocycles. The molecule has 0 aliphatic rings. The molecule has 1 rings (SSSR count). The van der Waals surface area contributed by atoms with E-state index in [0.717, 1.165) is 0 Å². The number of hydrogen-bond acceptors (Lipinski definition) is 3. The molecule has 0 spiro atoms. The maximum absolute atomic E-state index is 11.3. The summed E-state index contributed by atoms with van der Waals surface area (Å²) in [7, 11) is 0. The molecule has 1 heterocycles. The molecular formula is C10H11N3O. The number of pyridine rings is 1. The van der Waals surface area contributed by atoms with Gasteiger partial charge in [0.15, 0.2) is 0 Å². The van der Waals surface area contributed by atoms with Crippen molar-refractivity contribution in [1.82, 2.24) is 10.4 Å². The molecule has 72 valence electrons. The highest BCUT2D eigenvalue weighted by atomic mass is 16.2. The minimum atomic E-state index is -0.265. The summed E-state index contributed by atoms with van der Waals surface area (Å²) in [6.45, 7) is 1.87. The lowest BCUT2D eigenvalue weighted by Gasteiger charge is -1.96. The standard InChI is InChI=1S/C10H11N3O/c1-2-3-7-12-13-10(14)9-5-4-6-11-8-9/h2-8H,1H3,(H,13,14)/b3-2+,12-7-. The quantitative estimate of drug-likeness (QED) is 0.576. The summed E-state index contributed by atoms with van der Waals surface area (Å²) < 4.78 is 0. The Morgan fingerprint density at radius 1 is 1.64 bits per heavy atom. The van der Waals surface area contributed by atoms with Crippen molar-refractivity contribution in [2.45, 2.75) is 6.92 Å². The summed E-state index contributed by atoms with van der Waals surface area (Å²) in [5.74, 6) is -0.265. The first kappa shape index (κ1) is 10.1. The number of carbonyl (C=O) groups excluding carboxylic acids is 1. The van der Waals surface area contributed by atoms with Crippen LogP contribution in [0.3, 0.4) is 0 Å². The molecule has 1 amide bonds. The van der Waals surface area contributed by atoms with E-state index in [0.29, 0.717) is 5.56 Å². The van der Waals surface area contributed by atoms with E-state index in [9.17, 15) is 4.79 Å². The van der Waals surface area contributed by atoms with Crippen LogP contribution in [0.1, 0.15) is 17.3 Å². The number of aromatic nitrogens is 1. The second kappa shape index (κ2) is 5.64. The van der Waals surface area contributed by atoms with Gasteiger partial charge >= 0.3 is 0 Å². The van der Waals surface area contributed by atoms with Gasteiger partial charge in [-0.25, -0.2) is 5.43 Å². The third-order valence-corrected chi connectivity index (χ3v) is 1.44. The number of hydrazone groups is 1. The average Bonchev–Trinajstić information content (AvgIpc) is 2.25. The number of amides is 1. The SMILES string of the molecule is C/C=C/C=N\NC(=O)c1cccnc1. The highest BCUT2D eigenvalue weighted by molar-refractivity contribution is 5.94. The van der Waals surface area contributed by atoms with Gasteiger partial charge in [0.2, 0.25) is 0 Å². The monoisotopic (exact) mass is 189 g/mol. The van der Waals surface area contributed by atoms with Crippen molar-refractivity contribution in [1.29, 1.82) is 0 Å². The summed E-state index contributed by atoms with van der Waals surface area (Å²) >= 11 is 0. The fourth-order valence-electron chi connectivity index (χ4n) is 0.787. The smallest absolute Gasteiger partial charge is 0.267 e. The van der Waals surface area contributed by atoms with Gasteiger partial charge in [-0.2, -0.15) is 5.10 Å². The van der Waals surface area contributed by atoms with Crippen LogP contribution in [-0.2, 0) is 0 Å². The summed E-state index contributed by atoms with van der Waals surface area (Å²) in [5.41, 5.74) is 2.86. The average molecular weight is 189 g/mol. The maximum atomic E-state index is 11.3.